The maximum absolute atomic E-state index is 12.9. The van der Waals surface area contributed by atoms with E-state index in [9.17, 15) is 10.1 Å². The van der Waals surface area contributed by atoms with Gasteiger partial charge >= 0.3 is 0 Å². The summed E-state index contributed by atoms with van der Waals surface area (Å²) in [5.41, 5.74) is 13.4. The molecule has 0 amide bonds. The van der Waals surface area contributed by atoms with Crippen molar-refractivity contribution in [3.05, 3.63) is 287 Å². The number of nitro benzene ring substituents is 1. The van der Waals surface area contributed by atoms with Crippen LogP contribution < -0.4 is 58.8 Å². The minimum atomic E-state index is -1.05. The van der Waals surface area contributed by atoms with Crippen LogP contribution in [0.25, 0.3) is 83.7 Å². The number of hydrogen-bond donors (Lipinski definition) is 1. The lowest BCUT2D eigenvalue weighted by molar-refractivity contribution is -0.384. The van der Waals surface area contributed by atoms with E-state index in [-0.39, 0.29) is 10.6 Å². The van der Waals surface area contributed by atoms with Crippen molar-refractivity contribution in [3.8, 4) is 57.3 Å². The van der Waals surface area contributed by atoms with Crippen molar-refractivity contribution >= 4 is 112 Å². The molecular weight excluding hydrogens is 1540 g/mol. The Hall–Kier alpha value is -13.3. The van der Waals surface area contributed by atoms with Crippen LogP contribution in [0.3, 0.4) is 0 Å². The molecule has 22 heteroatoms. The van der Waals surface area contributed by atoms with Gasteiger partial charge in [-0.05, 0) is 281 Å². The third-order valence-electron chi connectivity index (χ3n) is 22.0. The fourth-order valence-electron chi connectivity index (χ4n) is 16.1. The first-order valence-corrected chi connectivity index (χ1v) is 41.3. The van der Waals surface area contributed by atoms with Gasteiger partial charge in [-0.2, -0.15) is 0 Å². The van der Waals surface area contributed by atoms with Crippen molar-refractivity contribution in [1.29, 1.82) is 0 Å². The van der Waals surface area contributed by atoms with Gasteiger partial charge in [0.25, 0.3) is 5.69 Å². The summed E-state index contributed by atoms with van der Waals surface area (Å²) >= 11 is 0. The van der Waals surface area contributed by atoms with Crippen LogP contribution in [0, 0.1) is 10.1 Å². The van der Waals surface area contributed by atoms with E-state index in [1.54, 1.807) is 40.6 Å². The van der Waals surface area contributed by atoms with Crippen LogP contribution in [0.5, 0.6) is 40.2 Å². The number of ether oxygens (including phenoxy) is 13. The number of fused-ring (bicyclic) bond motifs is 9. The number of hydrogen-bond acceptors (Lipinski definition) is 18. The Balaban J connectivity index is 0.909. The van der Waals surface area contributed by atoms with Crippen molar-refractivity contribution in [3.63, 3.8) is 0 Å². The highest BCUT2D eigenvalue weighted by molar-refractivity contribution is 6.13. The topological polar surface area (TPSA) is 196 Å². The summed E-state index contributed by atoms with van der Waals surface area (Å²) in [5, 5.41) is 23.6. The zero-order valence-electron chi connectivity index (χ0n) is 69.6. The molecular formula is C100H99N7O15. The van der Waals surface area contributed by atoms with Crippen molar-refractivity contribution < 1.29 is 66.5 Å². The lowest BCUT2D eigenvalue weighted by Gasteiger charge is -2.35. The molecule has 1 aliphatic rings. The van der Waals surface area contributed by atoms with Gasteiger partial charge in [0.1, 0.15) is 60.1 Å². The van der Waals surface area contributed by atoms with Crippen LogP contribution in [0.1, 0.15) is 32.8 Å². The third-order valence-corrected chi connectivity index (χ3v) is 22.0. The largest absolute Gasteiger partial charge is 0.497 e. The fourth-order valence-corrected chi connectivity index (χ4v) is 16.1. The van der Waals surface area contributed by atoms with E-state index in [0.717, 1.165) is 145 Å². The van der Waals surface area contributed by atoms with E-state index in [1.165, 1.54) is 0 Å². The maximum atomic E-state index is 12.9. The Morgan fingerprint density at radius 2 is 0.672 bits per heavy atom. The number of non-ortho nitro benzene ring substituents is 1. The van der Waals surface area contributed by atoms with Crippen molar-refractivity contribution in [2.45, 2.75) is 32.7 Å². The van der Waals surface area contributed by atoms with E-state index in [2.05, 4.69) is 187 Å². The highest BCUT2D eigenvalue weighted by Crippen LogP contribution is 2.46. The third kappa shape index (κ3) is 17.8. The average molecular weight is 1640 g/mol. The Bertz CT molecular complexity index is 6140. The summed E-state index contributed by atoms with van der Waals surface area (Å²) in [4.78, 5) is 17.1. The van der Waals surface area contributed by atoms with E-state index in [4.69, 9.17) is 61.6 Å². The molecule has 3 aromatic heterocycles. The Labute approximate surface area is 708 Å². The van der Waals surface area contributed by atoms with Gasteiger partial charge in [-0.1, -0.05) is 12.1 Å². The molecule has 0 saturated carbocycles. The van der Waals surface area contributed by atoms with Gasteiger partial charge in [0, 0.05) is 126 Å². The first-order chi connectivity index (χ1) is 60.0. The molecule has 22 nitrogen and oxygen atoms in total. The smallest absolute Gasteiger partial charge is 0.270 e. The molecule has 0 bridgehead atoms. The molecule has 624 valence electrons. The van der Waals surface area contributed by atoms with Gasteiger partial charge in [-0.15, -0.1) is 0 Å². The molecule has 1 atom stereocenters. The number of rotatable bonds is 41. The minimum absolute atomic E-state index is 0.0265. The molecule has 0 radical (unpaired) electrons. The lowest BCUT2D eigenvalue weighted by Crippen LogP contribution is -2.42. The summed E-state index contributed by atoms with van der Waals surface area (Å²) in [7, 11) is 6.70. The van der Waals surface area contributed by atoms with E-state index in [0.29, 0.717) is 128 Å². The van der Waals surface area contributed by atoms with Crippen molar-refractivity contribution in [2.24, 2.45) is 0 Å². The Morgan fingerprint density at radius 3 is 1.08 bits per heavy atom. The maximum Gasteiger partial charge on any atom is 0.270 e. The quantitative estimate of drug-likeness (QED) is 0.0215. The second-order valence-electron chi connectivity index (χ2n) is 29.2. The van der Waals surface area contributed by atoms with E-state index in [1.807, 2.05) is 124 Å². The zero-order chi connectivity index (χ0) is 83.9. The number of nitrogens with zero attached hydrogens (tertiary/aromatic N) is 6. The number of benzene rings is 12. The van der Waals surface area contributed by atoms with Gasteiger partial charge in [0.2, 0.25) is 0 Å². The molecule has 0 saturated heterocycles. The minimum Gasteiger partial charge on any atom is -0.497 e. The van der Waals surface area contributed by atoms with Crippen LogP contribution in [0.15, 0.2) is 261 Å². The summed E-state index contributed by atoms with van der Waals surface area (Å²) in [6, 6.07) is 88.5. The van der Waals surface area contributed by atoms with Crippen molar-refractivity contribution in [2.75, 3.05) is 143 Å². The molecule has 1 unspecified atom stereocenters. The number of nitro groups is 1. The molecule has 0 aliphatic heterocycles. The molecule has 122 heavy (non-hydrogen) atoms. The Kier molecular flexibility index (Phi) is 25.9. The molecule has 3 heterocycles. The van der Waals surface area contributed by atoms with Crippen LogP contribution in [-0.4, -0.2) is 146 Å². The average Bonchev–Trinajstić information content (AvgIpc) is 1.55. The standard InChI is InChI=1S/C100H99N7O15/c1-8-114-51-54-117-57-60-120-85-38-21-75(22-39-85)104-94-44-11-69(63-88(94)90-65-78(27-46-96(90)104)102(71-13-30-81(110-4)31-14-71)72-15-32-82(111-5)33-16-72)100(101-70-12-45-95-89(64-70)91-67-80(107(108)109)29-48-97(91)105(95)76-23-40-86(41-24-76)121-61-58-118-55-52-115-9-2)50-49-99-93(68-100)92-66-79(103(73-17-34-83(112-6)35-18-73)74-19-36-84(113-7)37-20-74)28-47-98(92)106(99)77-25-42-87(43-26-77)122-62-59-119-56-53-116-10-3/h11-49,63-68,101H,8-10,50-62H2,1-7H3. The molecule has 12 aromatic carbocycles. The monoisotopic (exact) mass is 1640 g/mol. The highest BCUT2D eigenvalue weighted by atomic mass is 16.6. The Morgan fingerprint density at radius 1 is 0.344 bits per heavy atom. The molecule has 1 aliphatic carbocycles. The van der Waals surface area contributed by atoms with Crippen LogP contribution in [-0.2, 0) is 34.0 Å². The molecule has 15 aromatic rings. The number of aromatic nitrogens is 3. The number of methoxy groups -OCH3 is 4. The second-order valence-corrected chi connectivity index (χ2v) is 29.2. The van der Waals surface area contributed by atoms with Gasteiger partial charge in [-0.25, -0.2) is 0 Å². The first kappa shape index (κ1) is 82.4. The van der Waals surface area contributed by atoms with Gasteiger partial charge in [0.05, 0.1) is 126 Å². The SMILES string of the molecule is CCOCCOCCOc1ccc(-n2c3c(c4cc(N(c5ccc(OC)cc5)c5ccc(OC)cc5)ccc42)=CC(Nc2ccc4c(c2)c2cc([N+](=O)[O-])ccc2n4-c2ccc(OCCOCCOCC)cc2)(c2ccc4c(c2)c2cc(N(c5ccc(OC)cc5)c5ccc(OC)cc5)ccc2n4-c2ccc(OCCOCCOCC)cc2)CC=3)cc1. The van der Waals surface area contributed by atoms with Gasteiger partial charge in [-0.3, -0.25) is 10.1 Å². The van der Waals surface area contributed by atoms with E-state index >= 15 is 0 Å². The molecule has 0 spiro atoms. The van der Waals surface area contributed by atoms with Crippen LogP contribution in [0.4, 0.5) is 45.5 Å². The summed E-state index contributed by atoms with van der Waals surface area (Å²) in [6.45, 7) is 13.1. The first-order valence-electron chi connectivity index (χ1n) is 41.3. The van der Waals surface area contributed by atoms with Crippen molar-refractivity contribution in [1.82, 2.24) is 13.7 Å². The van der Waals surface area contributed by atoms with Crippen LogP contribution >= 0.6 is 0 Å². The van der Waals surface area contributed by atoms with Gasteiger partial charge < -0.3 is 90.4 Å². The summed E-state index contributed by atoms with van der Waals surface area (Å²) < 4.78 is 82.3. The molecule has 1 N–H and O–H groups in total. The number of anilines is 7. The van der Waals surface area contributed by atoms with E-state index < -0.39 is 5.54 Å². The predicted molar refractivity (Wildman–Crippen MR) is 484 cm³/mol. The molecule has 0 fully saturated rings. The highest BCUT2D eigenvalue weighted by Gasteiger charge is 2.35. The van der Waals surface area contributed by atoms with Crippen LogP contribution in [0.2, 0.25) is 0 Å². The summed E-state index contributed by atoms with van der Waals surface area (Å²) in [5.74, 6) is 5.03. The van der Waals surface area contributed by atoms with Gasteiger partial charge in [0.15, 0.2) is 0 Å². The zero-order valence-corrected chi connectivity index (χ0v) is 69.6. The fraction of sp³-hybridized carbons (Fsp3) is 0.240. The number of nitrogens with one attached hydrogen (secondary N) is 1. The molecule has 16 rings (SSSR count). The normalized spacial score (nSPS) is 13.1. The predicted octanol–water partition coefficient (Wildman–Crippen LogP) is 20.0. The second kappa shape index (κ2) is 38.4. The summed E-state index contributed by atoms with van der Waals surface area (Å²) in [6.07, 6.45) is 5.21. The lowest BCUT2D eigenvalue weighted by atomic mass is 9.82.